The minimum atomic E-state index is -0.246. The van der Waals surface area contributed by atoms with Gasteiger partial charge < -0.3 is 18.9 Å². The first-order valence-electron chi connectivity index (χ1n) is 4.56. The van der Waals surface area contributed by atoms with Gasteiger partial charge in [-0.2, -0.15) is 0 Å². The molecule has 0 unspecified atom stereocenters. The molecule has 0 radical (unpaired) electrons. The fourth-order valence-electron chi connectivity index (χ4n) is 1.61. The molecule has 0 saturated carbocycles. The summed E-state index contributed by atoms with van der Waals surface area (Å²) in [5.74, 6) is 1.55. The molecule has 0 atom stereocenters. The van der Waals surface area contributed by atoms with Crippen LogP contribution >= 0.6 is 0 Å². The van der Waals surface area contributed by atoms with Crippen LogP contribution in [0.3, 0.4) is 0 Å². The highest BCUT2D eigenvalue weighted by Gasteiger charge is 2.21. The molecular weight excluding hydrogens is 184 g/mol. The maximum absolute atomic E-state index is 5.38. The molecule has 0 spiro atoms. The predicted octanol–water partition coefficient (Wildman–Crippen LogP) is 1.46. The van der Waals surface area contributed by atoms with Crippen molar-refractivity contribution in [1.29, 1.82) is 0 Å². The summed E-state index contributed by atoms with van der Waals surface area (Å²) < 4.78 is 21.2. The first-order chi connectivity index (χ1) is 6.93. The number of ether oxygens (including phenoxy) is 4. The molecule has 4 heteroatoms. The maximum Gasteiger partial charge on any atom is 0.231 e. The van der Waals surface area contributed by atoms with Crippen LogP contribution in [0, 0.1) is 0 Å². The number of hydrogen-bond donors (Lipinski definition) is 0. The summed E-state index contributed by atoms with van der Waals surface area (Å²) in [6.45, 7) is 1.60. The van der Waals surface area contributed by atoms with Gasteiger partial charge >= 0.3 is 0 Å². The van der Waals surface area contributed by atoms with Crippen LogP contribution in [0.1, 0.15) is 11.9 Å². The summed E-state index contributed by atoms with van der Waals surface area (Å²) in [5, 5.41) is 0. The Kier molecular flexibility index (Phi) is 1.82. The molecule has 1 saturated heterocycles. The van der Waals surface area contributed by atoms with Crippen LogP contribution in [-0.2, 0) is 9.47 Å². The molecule has 1 fully saturated rings. The van der Waals surface area contributed by atoms with Crippen molar-refractivity contribution >= 4 is 0 Å². The number of hydrogen-bond acceptors (Lipinski definition) is 4. The van der Waals surface area contributed by atoms with Gasteiger partial charge in [-0.1, -0.05) is 0 Å². The van der Waals surface area contributed by atoms with Gasteiger partial charge in [0.15, 0.2) is 17.8 Å². The van der Waals surface area contributed by atoms with Gasteiger partial charge in [-0.05, 0) is 18.2 Å². The van der Waals surface area contributed by atoms with Crippen LogP contribution in [0.4, 0.5) is 0 Å². The normalized spacial score (nSPS) is 20.3. The van der Waals surface area contributed by atoms with Gasteiger partial charge in [0.25, 0.3) is 0 Å². The minimum absolute atomic E-state index is 0.246. The summed E-state index contributed by atoms with van der Waals surface area (Å²) in [6.07, 6.45) is -0.246. The third-order valence-electron chi connectivity index (χ3n) is 2.29. The van der Waals surface area contributed by atoms with E-state index >= 15 is 0 Å². The summed E-state index contributed by atoms with van der Waals surface area (Å²) in [7, 11) is 0. The van der Waals surface area contributed by atoms with Crippen LogP contribution < -0.4 is 9.47 Å². The fraction of sp³-hybridized carbons (Fsp3) is 0.400. The zero-order valence-electron chi connectivity index (χ0n) is 7.56. The lowest BCUT2D eigenvalue weighted by Gasteiger charge is -2.09. The van der Waals surface area contributed by atoms with Gasteiger partial charge in [0, 0.05) is 5.56 Å². The van der Waals surface area contributed by atoms with Crippen molar-refractivity contribution in [3.63, 3.8) is 0 Å². The molecule has 0 bridgehead atoms. The Morgan fingerprint density at radius 3 is 2.64 bits per heavy atom. The number of rotatable bonds is 1. The van der Waals surface area contributed by atoms with Crippen LogP contribution in [0.15, 0.2) is 18.2 Å². The summed E-state index contributed by atoms with van der Waals surface area (Å²) in [6, 6.07) is 5.71. The van der Waals surface area contributed by atoms with Crippen molar-refractivity contribution in [2.75, 3.05) is 20.0 Å². The third-order valence-corrected chi connectivity index (χ3v) is 2.29. The highest BCUT2D eigenvalue weighted by Crippen LogP contribution is 2.35. The van der Waals surface area contributed by atoms with Gasteiger partial charge in [0.05, 0.1) is 13.2 Å². The van der Waals surface area contributed by atoms with Crippen LogP contribution in [0.2, 0.25) is 0 Å². The number of fused-ring (bicyclic) bond motifs is 1. The summed E-state index contributed by atoms with van der Waals surface area (Å²) in [4.78, 5) is 0. The van der Waals surface area contributed by atoms with E-state index in [1.165, 1.54) is 0 Å². The molecule has 1 aromatic rings. The molecule has 2 heterocycles. The highest BCUT2D eigenvalue weighted by molar-refractivity contribution is 5.44. The molecule has 0 aliphatic carbocycles. The lowest BCUT2D eigenvalue weighted by atomic mass is 10.2. The molecular formula is C10H10O4. The Morgan fingerprint density at radius 1 is 1.00 bits per heavy atom. The molecule has 0 N–H and O–H groups in total. The van der Waals surface area contributed by atoms with E-state index in [4.69, 9.17) is 18.9 Å². The standard InChI is InChI=1S/C10H10O4/c1-2-8-9(14-6-13-8)5-7(1)10-11-3-4-12-10/h1-2,5,10H,3-4,6H2. The average molecular weight is 194 g/mol. The second-order valence-electron chi connectivity index (χ2n) is 3.19. The Balaban J connectivity index is 1.91. The molecule has 14 heavy (non-hydrogen) atoms. The molecule has 74 valence electrons. The average Bonchev–Trinajstić information content (AvgIpc) is 2.88. The second-order valence-corrected chi connectivity index (χ2v) is 3.19. The molecule has 3 rings (SSSR count). The number of benzene rings is 1. The maximum atomic E-state index is 5.38. The van der Waals surface area contributed by atoms with Crippen molar-refractivity contribution < 1.29 is 18.9 Å². The van der Waals surface area contributed by atoms with Gasteiger partial charge in [0.2, 0.25) is 6.79 Å². The van der Waals surface area contributed by atoms with E-state index in [1.807, 2.05) is 18.2 Å². The first kappa shape index (κ1) is 8.08. The topological polar surface area (TPSA) is 36.9 Å². The second kappa shape index (κ2) is 3.15. The van der Waals surface area contributed by atoms with E-state index in [1.54, 1.807) is 0 Å². The molecule has 0 amide bonds. The Labute approximate surface area is 81.3 Å². The van der Waals surface area contributed by atoms with Gasteiger partial charge in [-0.15, -0.1) is 0 Å². The van der Waals surface area contributed by atoms with Gasteiger partial charge in [-0.3, -0.25) is 0 Å². The van der Waals surface area contributed by atoms with Crippen molar-refractivity contribution in [2.24, 2.45) is 0 Å². The zero-order valence-corrected chi connectivity index (χ0v) is 7.56. The third kappa shape index (κ3) is 1.23. The molecule has 2 aliphatic heterocycles. The van der Waals surface area contributed by atoms with E-state index in [9.17, 15) is 0 Å². The molecule has 4 nitrogen and oxygen atoms in total. The highest BCUT2D eigenvalue weighted by atomic mass is 16.7. The van der Waals surface area contributed by atoms with Crippen LogP contribution in [0.5, 0.6) is 11.5 Å². The van der Waals surface area contributed by atoms with Crippen LogP contribution in [0.25, 0.3) is 0 Å². The predicted molar refractivity (Wildman–Crippen MR) is 47.2 cm³/mol. The Morgan fingerprint density at radius 2 is 1.79 bits per heavy atom. The lowest BCUT2D eigenvalue weighted by Crippen LogP contribution is -1.97. The van der Waals surface area contributed by atoms with E-state index in [0.717, 1.165) is 17.1 Å². The van der Waals surface area contributed by atoms with Crippen molar-refractivity contribution in [1.82, 2.24) is 0 Å². The smallest absolute Gasteiger partial charge is 0.231 e. The largest absolute Gasteiger partial charge is 0.454 e. The Hall–Kier alpha value is -1.26. The van der Waals surface area contributed by atoms with Gasteiger partial charge in [-0.25, -0.2) is 0 Å². The van der Waals surface area contributed by atoms with Crippen LogP contribution in [-0.4, -0.2) is 20.0 Å². The molecule has 0 aromatic heterocycles. The lowest BCUT2D eigenvalue weighted by molar-refractivity contribution is -0.0442. The zero-order chi connectivity index (χ0) is 9.38. The van der Waals surface area contributed by atoms with E-state index in [-0.39, 0.29) is 6.29 Å². The summed E-state index contributed by atoms with van der Waals surface area (Å²) in [5.41, 5.74) is 0.978. The monoisotopic (exact) mass is 194 g/mol. The quantitative estimate of drug-likeness (QED) is 0.678. The van der Waals surface area contributed by atoms with Crippen molar-refractivity contribution in [2.45, 2.75) is 6.29 Å². The minimum Gasteiger partial charge on any atom is -0.454 e. The molecule has 2 aliphatic rings. The molecule has 1 aromatic carbocycles. The van der Waals surface area contributed by atoms with E-state index < -0.39 is 0 Å². The van der Waals surface area contributed by atoms with E-state index in [0.29, 0.717) is 20.0 Å². The van der Waals surface area contributed by atoms with Gasteiger partial charge in [0.1, 0.15) is 0 Å². The van der Waals surface area contributed by atoms with E-state index in [2.05, 4.69) is 0 Å². The fourth-order valence-corrected chi connectivity index (χ4v) is 1.61. The van der Waals surface area contributed by atoms with Crippen molar-refractivity contribution in [3.05, 3.63) is 23.8 Å². The SMILES string of the molecule is c1cc2c(cc1C1OCCO1)OCO2. The Bertz CT molecular complexity index is 344. The first-order valence-corrected chi connectivity index (χ1v) is 4.56. The summed E-state index contributed by atoms with van der Waals surface area (Å²) >= 11 is 0. The van der Waals surface area contributed by atoms with Crippen molar-refractivity contribution in [3.8, 4) is 11.5 Å².